The van der Waals surface area contributed by atoms with Crippen molar-refractivity contribution in [3.8, 4) is 0 Å². The molecule has 0 amide bonds. The van der Waals surface area contributed by atoms with Crippen LogP contribution in [-0.2, 0) is 11.1 Å². The number of nitrogens with zero attached hydrogens (tertiary/aromatic N) is 3. The standard InChI is InChI=1S/C9H12F2N5O4P/c10-9(11,21(18,19)20)2-1-3-16-4-13-5-6(16)14-8(12)15-7(5)17/h4H,1-3H2,(H2,18,19,20)(H3,12,14,15,17). The average molecular weight is 323 g/mol. The van der Waals surface area contributed by atoms with Crippen molar-refractivity contribution in [1.29, 1.82) is 0 Å². The lowest BCUT2D eigenvalue weighted by Gasteiger charge is -2.17. The minimum atomic E-state index is -5.49. The van der Waals surface area contributed by atoms with Crippen molar-refractivity contribution in [3.05, 3.63) is 16.7 Å². The van der Waals surface area contributed by atoms with Crippen LogP contribution in [0, 0.1) is 0 Å². The molecule has 9 nitrogen and oxygen atoms in total. The van der Waals surface area contributed by atoms with Crippen molar-refractivity contribution in [1.82, 2.24) is 19.5 Å². The van der Waals surface area contributed by atoms with Crippen LogP contribution in [0.1, 0.15) is 12.8 Å². The van der Waals surface area contributed by atoms with Crippen molar-refractivity contribution in [2.75, 3.05) is 5.73 Å². The number of aromatic nitrogens is 4. The number of rotatable bonds is 5. The Labute approximate surface area is 116 Å². The molecular weight excluding hydrogens is 311 g/mol. The molecule has 0 saturated carbocycles. The number of anilines is 1. The highest BCUT2D eigenvalue weighted by molar-refractivity contribution is 7.53. The Hall–Kier alpha value is -1.84. The lowest BCUT2D eigenvalue weighted by Crippen LogP contribution is -2.17. The van der Waals surface area contributed by atoms with Gasteiger partial charge in [-0.3, -0.25) is 14.3 Å². The molecule has 0 unspecified atom stereocenters. The zero-order valence-electron chi connectivity index (χ0n) is 10.5. The Kier molecular flexibility index (Phi) is 3.83. The third-order valence-corrected chi connectivity index (χ3v) is 3.87. The SMILES string of the molecule is Nc1nc2c(ncn2CCCC(F)(F)P(=O)(O)O)c(=O)[nH]1. The quantitative estimate of drug-likeness (QED) is 0.577. The number of nitrogens with one attached hydrogen (secondary N) is 1. The normalized spacial score (nSPS) is 13.0. The second-order valence-electron chi connectivity index (χ2n) is 4.37. The first-order chi connectivity index (χ1) is 9.62. The van der Waals surface area contributed by atoms with Crippen LogP contribution in [0.4, 0.5) is 14.7 Å². The summed E-state index contributed by atoms with van der Waals surface area (Å²) in [5.41, 5.74) is 0.855. The van der Waals surface area contributed by atoms with Gasteiger partial charge in [-0.15, -0.1) is 0 Å². The van der Waals surface area contributed by atoms with Crippen molar-refractivity contribution in [3.63, 3.8) is 0 Å². The zero-order valence-corrected chi connectivity index (χ0v) is 11.4. The van der Waals surface area contributed by atoms with Gasteiger partial charge in [0.2, 0.25) is 5.95 Å². The van der Waals surface area contributed by atoms with E-state index in [9.17, 15) is 18.1 Å². The van der Waals surface area contributed by atoms with Crippen molar-refractivity contribution in [2.45, 2.75) is 25.1 Å². The number of nitrogens with two attached hydrogens (primary N) is 1. The number of alkyl halides is 2. The van der Waals surface area contributed by atoms with Gasteiger partial charge in [0.25, 0.3) is 5.56 Å². The largest absolute Gasteiger partial charge is 0.394 e. The topological polar surface area (TPSA) is 147 Å². The number of imidazole rings is 1. The maximum Gasteiger partial charge on any atom is 0.394 e. The summed E-state index contributed by atoms with van der Waals surface area (Å²) in [4.78, 5) is 38.4. The van der Waals surface area contributed by atoms with E-state index >= 15 is 0 Å². The molecule has 0 spiro atoms. The average Bonchev–Trinajstić information content (AvgIpc) is 2.71. The van der Waals surface area contributed by atoms with Crippen molar-refractivity contribution < 1.29 is 23.1 Å². The molecule has 0 fully saturated rings. The minimum absolute atomic E-state index is 0.00551. The van der Waals surface area contributed by atoms with Crippen LogP contribution in [-0.4, -0.2) is 35.0 Å². The third kappa shape index (κ3) is 3.09. The monoisotopic (exact) mass is 323 g/mol. The van der Waals surface area contributed by atoms with Gasteiger partial charge in [0.15, 0.2) is 11.2 Å². The zero-order chi connectivity index (χ0) is 15.8. The lowest BCUT2D eigenvalue weighted by atomic mass is 10.3. The summed E-state index contributed by atoms with van der Waals surface area (Å²) in [5, 5.41) is 0. The van der Waals surface area contributed by atoms with Gasteiger partial charge in [0.05, 0.1) is 6.33 Å². The fourth-order valence-corrected chi connectivity index (χ4v) is 2.19. The van der Waals surface area contributed by atoms with Crippen LogP contribution in [0.2, 0.25) is 0 Å². The van der Waals surface area contributed by atoms with Gasteiger partial charge in [-0.1, -0.05) is 0 Å². The summed E-state index contributed by atoms with van der Waals surface area (Å²) in [5.74, 6) is -0.144. The first-order valence-corrected chi connectivity index (χ1v) is 7.37. The van der Waals surface area contributed by atoms with E-state index in [2.05, 4.69) is 15.0 Å². The molecule has 2 heterocycles. The van der Waals surface area contributed by atoms with E-state index in [0.717, 1.165) is 0 Å². The van der Waals surface area contributed by atoms with Gasteiger partial charge in [-0.2, -0.15) is 13.8 Å². The molecular formula is C9H12F2N5O4P. The number of fused-ring (bicyclic) bond motifs is 1. The molecule has 0 atom stereocenters. The van der Waals surface area contributed by atoms with E-state index in [0.29, 0.717) is 0 Å². The van der Waals surface area contributed by atoms with E-state index in [-0.39, 0.29) is 30.1 Å². The fourth-order valence-electron chi connectivity index (χ4n) is 1.74. The molecule has 2 aromatic heterocycles. The summed E-state index contributed by atoms with van der Waals surface area (Å²) in [6.45, 7) is -0.0397. The molecule has 5 N–H and O–H groups in total. The molecule has 21 heavy (non-hydrogen) atoms. The maximum absolute atomic E-state index is 13.1. The van der Waals surface area contributed by atoms with Gasteiger partial charge in [-0.25, -0.2) is 4.98 Å². The van der Waals surface area contributed by atoms with E-state index < -0.39 is 25.2 Å². The number of hydrogen-bond acceptors (Lipinski definition) is 5. The predicted molar refractivity (Wildman–Crippen MR) is 68.8 cm³/mol. The third-order valence-electron chi connectivity index (χ3n) is 2.80. The number of aromatic amines is 1. The molecule has 2 aromatic rings. The smallest absolute Gasteiger partial charge is 0.369 e. The molecule has 0 bridgehead atoms. The Morgan fingerprint density at radius 3 is 2.76 bits per heavy atom. The van der Waals surface area contributed by atoms with Crippen LogP contribution in [0.5, 0.6) is 0 Å². The van der Waals surface area contributed by atoms with Gasteiger partial charge in [-0.05, 0) is 6.42 Å². The highest BCUT2D eigenvalue weighted by Gasteiger charge is 2.47. The van der Waals surface area contributed by atoms with Crippen LogP contribution < -0.4 is 11.3 Å². The van der Waals surface area contributed by atoms with E-state index in [1.165, 1.54) is 10.9 Å². The molecule has 0 aliphatic rings. The van der Waals surface area contributed by atoms with E-state index in [1.54, 1.807) is 0 Å². The molecule has 0 aliphatic heterocycles. The van der Waals surface area contributed by atoms with Crippen LogP contribution >= 0.6 is 7.60 Å². The highest BCUT2D eigenvalue weighted by atomic mass is 31.2. The van der Waals surface area contributed by atoms with Crippen molar-refractivity contribution in [2.24, 2.45) is 0 Å². The summed E-state index contributed by atoms with van der Waals surface area (Å²) in [6.07, 6.45) is -0.0183. The molecule has 2 rings (SSSR count). The van der Waals surface area contributed by atoms with Gasteiger partial charge < -0.3 is 20.1 Å². The van der Waals surface area contributed by atoms with Gasteiger partial charge in [0, 0.05) is 13.0 Å². The number of nitrogen functional groups attached to an aromatic ring is 1. The maximum atomic E-state index is 13.1. The molecule has 12 heteroatoms. The molecule has 0 aliphatic carbocycles. The number of halogens is 2. The first kappa shape index (κ1) is 15.5. The number of hydrogen-bond donors (Lipinski definition) is 4. The van der Waals surface area contributed by atoms with Crippen LogP contribution in [0.15, 0.2) is 11.1 Å². The number of aryl methyl sites for hydroxylation is 1. The Morgan fingerprint density at radius 2 is 2.14 bits per heavy atom. The molecule has 0 radical (unpaired) electrons. The summed E-state index contributed by atoms with van der Waals surface area (Å²) in [7, 11) is -5.49. The second-order valence-corrected chi connectivity index (χ2v) is 6.12. The summed E-state index contributed by atoms with van der Waals surface area (Å²) < 4.78 is 38.2. The molecule has 116 valence electrons. The van der Waals surface area contributed by atoms with E-state index in [1.807, 2.05) is 0 Å². The van der Waals surface area contributed by atoms with Crippen molar-refractivity contribution >= 4 is 24.7 Å². The van der Waals surface area contributed by atoms with Gasteiger partial charge in [0.1, 0.15) is 0 Å². The molecule has 0 saturated heterocycles. The highest BCUT2D eigenvalue weighted by Crippen LogP contribution is 2.55. The first-order valence-electron chi connectivity index (χ1n) is 5.76. The predicted octanol–water partition coefficient (Wildman–Crippen LogP) is 0.252. The summed E-state index contributed by atoms with van der Waals surface area (Å²) in [6, 6.07) is 0. The lowest BCUT2D eigenvalue weighted by molar-refractivity contribution is 0.0473. The Balaban J connectivity index is 2.15. The second kappa shape index (κ2) is 5.17. The molecule has 0 aromatic carbocycles. The van der Waals surface area contributed by atoms with E-state index in [4.69, 9.17) is 15.5 Å². The van der Waals surface area contributed by atoms with Gasteiger partial charge >= 0.3 is 13.3 Å². The number of H-pyrrole nitrogens is 1. The fraction of sp³-hybridized carbons (Fsp3) is 0.444. The van der Waals surface area contributed by atoms with Crippen LogP contribution in [0.25, 0.3) is 11.2 Å². The minimum Gasteiger partial charge on any atom is -0.369 e. The summed E-state index contributed by atoms with van der Waals surface area (Å²) >= 11 is 0. The Bertz CT molecular complexity index is 767. The Morgan fingerprint density at radius 1 is 1.48 bits per heavy atom. The van der Waals surface area contributed by atoms with Crippen LogP contribution in [0.3, 0.4) is 0 Å².